The molecule has 0 N–H and O–H groups in total. The van der Waals surface area contributed by atoms with Gasteiger partial charge >= 0.3 is 0 Å². The zero-order chi connectivity index (χ0) is 13.0. The van der Waals surface area contributed by atoms with Crippen LogP contribution in [0.3, 0.4) is 0 Å². The van der Waals surface area contributed by atoms with Crippen molar-refractivity contribution in [1.82, 2.24) is 0 Å². The molecule has 18 heavy (non-hydrogen) atoms. The number of rotatable bonds is 5. The molecule has 1 aromatic carbocycles. The van der Waals surface area contributed by atoms with Crippen LogP contribution in [-0.2, 0) is 10.6 Å². The van der Waals surface area contributed by atoms with Crippen molar-refractivity contribution in [2.75, 3.05) is 24.6 Å². The molecule has 1 aliphatic rings. The molecule has 0 saturated carbocycles. The van der Waals surface area contributed by atoms with Crippen LogP contribution in [0.25, 0.3) is 0 Å². The van der Waals surface area contributed by atoms with Crippen molar-refractivity contribution in [3.63, 3.8) is 0 Å². The summed E-state index contributed by atoms with van der Waals surface area (Å²) in [4.78, 5) is 2.36. The van der Waals surface area contributed by atoms with E-state index >= 15 is 0 Å². The van der Waals surface area contributed by atoms with Crippen molar-refractivity contribution < 1.29 is 4.74 Å². The van der Waals surface area contributed by atoms with Crippen LogP contribution < -0.4 is 4.90 Å². The molecule has 1 unspecified atom stereocenters. The van der Waals surface area contributed by atoms with Gasteiger partial charge in [-0.15, -0.1) is 11.6 Å². The minimum absolute atomic E-state index is 0.379. The van der Waals surface area contributed by atoms with Crippen molar-refractivity contribution in [3.8, 4) is 0 Å². The second-order valence-electron chi connectivity index (χ2n) is 4.59. The van der Waals surface area contributed by atoms with E-state index in [-0.39, 0.29) is 0 Å². The van der Waals surface area contributed by atoms with E-state index < -0.39 is 0 Å². The zero-order valence-corrected chi connectivity index (χ0v) is 13.0. The van der Waals surface area contributed by atoms with Gasteiger partial charge in [-0.3, -0.25) is 0 Å². The Balaban J connectivity index is 2.10. The summed E-state index contributed by atoms with van der Waals surface area (Å²) < 4.78 is 6.83. The molecular weight excluding hydrogens is 314 g/mol. The number of hydrogen-bond acceptors (Lipinski definition) is 2. The van der Waals surface area contributed by atoms with Crippen molar-refractivity contribution in [2.24, 2.45) is 0 Å². The molecule has 2 nitrogen and oxygen atoms in total. The average Bonchev–Trinajstić information content (AvgIpc) is 2.89. The molecule has 1 saturated heterocycles. The lowest BCUT2D eigenvalue weighted by Gasteiger charge is -2.27. The third-order valence-corrected chi connectivity index (χ3v) is 4.28. The number of likely N-dealkylation sites (N-methyl/N-ethyl adjacent to an activating group) is 1. The van der Waals surface area contributed by atoms with Gasteiger partial charge in [0.1, 0.15) is 0 Å². The van der Waals surface area contributed by atoms with Crippen LogP contribution in [0.2, 0.25) is 0 Å². The van der Waals surface area contributed by atoms with Gasteiger partial charge in [0, 0.05) is 30.0 Å². The second kappa shape index (κ2) is 6.78. The molecule has 1 atom stereocenters. The molecule has 0 radical (unpaired) electrons. The Kier molecular flexibility index (Phi) is 5.34. The van der Waals surface area contributed by atoms with Crippen molar-refractivity contribution in [3.05, 3.63) is 28.2 Å². The van der Waals surface area contributed by atoms with Crippen molar-refractivity contribution in [2.45, 2.75) is 31.7 Å². The predicted octanol–water partition coefficient (Wildman–Crippen LogP) is 4.19. The topological polar surface area (TPSA) is 12.5 Å². The highest BCUT2D eigenvalue weighted by molar-refractivity contribution is 9.10. The fraction of sp³-hybridized carbons (Fsp3) is 0.571. The van der Waals surface area contributed by atoms with Gasteiger partial charge in [-0.2, -0.15) is 0 Å². The second-order valence-corrected chi connectivity index (χ2v) is 5.71. The molecule has 1 aromatic rings. The van der Waals surface area contributed by atoms with Gasteiger partial charge in [-0.25, -0.2) is 0 Å². The van der Waals surface area contributed by atoms with Gasteiger partial charge in [0.15, 0.2) is 0 Å². The van der Waals surface area contributed by atoms with Crippen LogP contribution in [0.1, 0.15) is 25.3 Å². The number of hydrogen-bond donors (Lipinski definition) is 0. The lowest BCUT2D eigenvalue weighted by Crippen LogP contribution is -2.32. The smallest absolute Gasteiger partial charge is 0.0750 e. The van der Waals surface area contributed by atoms with Gasteiger partial charge in [0.05, 0.1) is 11.8 Å². The number of nitrogens with zero attached hydrogens (tertiary/aromatic N) is 1. The summed E-state index contributed by atoms with van der Waals surface area (Å²) in [7, 11) is 0. The number of benzene rings is 1. The third kappa shape index (κ3) is 3.40. The van der Waals surface area contributed by atoms with E-state index in [9.17, 15) is 0 Å². The Hall–Kier alpha value is -0.250. The highest BCUT2D eigenvalue weighted by Gasteiger charge is 2.19. The normalized spacial score (nSPS) is 19.2. The molecule has 1 aliphatic heterocycles. The monoisotopic (exact) mass is 331 g/mol. The Labute approximate surface area is 122 Å². The van der Waals surface area contributed by atoms with E-state index in [1.54, 1.807) is 0 Å². The van der Waals surface area contributed by atoms with Crippen LogP contribution >= 0.6 is 27.5 Å². The summed E-state index contributed by atoms with van der Waals surface area (Å²) in [6.07, 6.45) is 2.74. The van der Waals surface area contributed by atoms with E-state index in [0.717, 1.165) is 29.7 Å². The Morgan fingerprint density at radius 1 is 1.50 bits per heavy atom. The SMILES string of the molecule is CCN(CC1CCCO1)c1ccc(CCl)cc1Br. The molecule has 2 rings (SSSR count). The Morgan fingerprint density at radius 3 is 2.89 bits per heavy atom. The Bertz CT molecular complexity index is 393. The van der Waals surface area contributed by atoms with E-state index in [1.807, 2.05) is 0 Å². The molecule has 4 heteroatoms. The minimum Gasteiger partial charge on any atom is -0.376 e. The number of alkyl halides is 1. The quantitative estimate of drug-likeness (QED) is 0.750. The molecular formula is C14H19BrClNO. The summed E-state index contributed by atoms with van der Waals surface area (Å²) in [5.74, 6) is 0.552. The first kappa shape index (κ1) is 14.2. The third-order valence-electron chi connectivity index (χ3n) is 3.34. The maximum atomic E-state index is 5.85. The van der Waals surface area contributed by atoms with E-state index in [2.05, 4.69) is 46.0 Å². The summed E-state index contributed by atoms with van der Waals surface area (Å²) in [6, 6.07) is 6.33. The standard InChI is InChI=1S/C14H19BrClNO/c1-2-17(10-12-4-3-7-18-12)14-6-5-11(9-16)8-13(14)15/h5-6,8,12H,2-4,7,9-10H2,1H3. The fourth-order valence-corrected chi connectivity index (χ4v) is 3.17. The summed E-state index contributed by atoms with van der Waals surface area (Å²) in [5, 5.41) is 0. The minimum atomic E-state index is 0.379. The van der Waals surface area contributed by atoms with E-state index in [1.165, 1.54) is 18.5 Å². The molecule has 100 valence electrons. The maximum absolute atomic E-state index is 5.85. The molecule has 1 heterocycles. The van der Waals surface area contributed by atoms with Crippen LogP contribution in [0.4, 0.5) is 5.69 Å². The molecule has 0 aromatic heterocycles. The van der Waals surface area contributed by atoms with Gasteiger partial charge in [0.2, 0.25) is 0 Å². The first-order valence-electron chi connectivity index (χ1n) is 6.45. The van der Waals surface area contributed by atoms with Gasteiger partial charge < -0.3 is 9.64 Å². The molecule has 0 aliphatic carbocycles. The predicted molar refractivity (Wildman–Crippen MR) is 80.6 cm³/mol. The van der Waals surface area contributed by atoms with E-state index in [4.69, 9.17) is 16.3 Å². The van der Waals surface area contributed by atoms with Gasteiger partial charge in [0.25, 0.3) is 0 Å². The lowest BCUT2D eigenvalue weighted by molar-refractivity contribution is 0.115. The van der Waals surface area contributed by atoms with Crippen molar-refractivity contribution >= 4 is 33.2 Å². The van der Waals surface area contributed by atoms with Crippen LogP contribution in [0, 0.1) is 0 Å². The largest absolute Gasteiger partial charge is 0.376 e. The van der Waals surface area contributed by atoms with Crippen LogP contribution in [-0.4, -0.2) is 25.8 Å². The first-order valence-corrected chi connectivity index (χ1v) is 7.78. The van der Waals surface area contributed by atoms with Crippen LogP contribution in [0.15, 0.2) is 22.7 Å². The highest BCUT2D eigenvalue weighted by atomic mass is 79.9. The summed E-state index contributed by atoms with van der Waals surface area (Å²) in [6.45, 7) is 5.04. The fourth-order valence-electron chi connectivity index (χ4n) is 2.32. The molecule has 0 spiro atoms. The zero-order valence-electron chi connectivity index (χ0n) is 10.7. The number of halogens is 2. The summed E-state index contributed by atoms with van der Waals surface area (Å²) >= 11 is 9.49. The van der Waals surface area contributed by atoms with E-state index in [0.29, 0.717) is 12.0 Å². The van der Waals surface area contributed by atoms with Gasteiger partial charge in [-0.05, 0) is 53.4 Å². The highest BCUT2D eigenvalue weighted by Crippen LogP contribution is 2.29. The molecule has 1 fully saturated rings. The Morgan fingerprint density at radius 2 is 2.33 bits per heavy atom. The lowest BCUT2D eigenvalue weighted by atomic mass is 10.2. The van der Waals surface area contributed by atoms with Crippen LogP contribution in [0.5, 0.6) is 0 Å². The number of ether oxygens (including phenoxy) is 1. The average molecular weight is 333 g/mol. The number of anilines is 1. The van der Waals surface area contributed by atoms with Crippen molar-refractivity contribution in [1.29, 1.82) is 0 Å². The molecule has 0 amide bonds. The van der Waals surface area contributed by atoms with Gasteiger partial charge in [-0.1, -0.05) is 6.07 Å². The first-order chi connectivity index (χ1) is 8.74. The molecule has 0 bridgehead atoms. The summed E-state index contributed by atoms with van der Waals surface area (Å²) in [5.41, 5.74) is 2.36. The maximum Gasteiger partial charge on any atom is 0.0750 e.